The Balaban J connectivity index is 1.67. The van der Waals surface area contributed by atoms with E-state index >= 15 is 0 Å². The van der Waals surface area contributed by atoms with Crippen molar-refractivity contribution >= 4 is 23.8 Å². The molecule has 3 aromatic rings. The number of esters is 1. The van der Waals surface area contributed by atoms with E-state index in [1.165, 1.54) is 18.4 Å². The second-order valence-corrected chi connectivity index (χ2v) is 7.42. The third-order valence-corrected chi connectivity index (χ3v) is 4.02. The van der Waals surface area contributed by atoms with Crippen molar-refractivity contribution in [2.45, 2.75) is 26.2 Å². The molecule has 0 fully saturated rings. The molecular weight excluding hydrogens is 370 g/mol. The standard InChI is InChI=1S/C22H23N3O4/c1-22(2,3)18-14-19(25(24-18)16-8-5-4-6-9-16)23-20(26)15-29-21(27)12-11-17-10-7-13-28-17/h4-14H,15H2,1-3H3,(H,23,26). The maximum absolute atomic E-state index is 12.3. The monoisotopic (exact) mass is 393 g/mol. The van der Waals surface area contributed by atoms with Gasteiger partial charge in [0.1, 0.15) is 11.6 Å². The van der Waals surface area contributed by atoms with E-state index in [2.05, 4.69) is 10.4 Å². The molecular formula is C22H23N3O4. The number of para-hydroxylation sites is 1. The Bertz CT molecular complexity index is 997. The number of anilines is 1. The first-order valence-electron chi connectivity index (χ1n) is 9.17. The van der Waals surface area contributed by atoms with Gasteiger partial charge in [0.2, 0.25) is 0 Å². The van der Waals surface area contributed by atoms with Crippen LogP contribution in [0.4, 0.5) is 5.82 Å². The molecule has 0 aliphatic carbocycles. The number of rotatable bonds is 6. The van der Waals surface area contributed by atoms with Gasteiger partial charge in [-0.25, -0.2) is 9.48 Å². The molecule has 0 saturated heterocycles. The number of aromatic nitrogens is 2. The average molecular weight is 393 g/mol. The molecule has 0 radical (unpaired) electrons. The highest BCUT2D eigenvalue weighted by molar-refractivity contribution is 5.94. The summed E-state index contributed by atoms with van der Waals surface area (Å²) in [5, 5.41) is 7.40. The normalized spacial score (nSPS) is 11.6. The number of amides is 1. The van der Waals surface area contributed by atoms with E-state index in [1.54, 1.807) is 16.8 Å². The molecule has 0 spiro atoms. The molecule has 29 heavy (non-hydrogen) atoms. The van der Waals surface area contributed by atoms with Gasteiger partial charge in [-0.15, -0.1) is 0 Å². The van der Waals surface area contributed by atoms with E-state index in [1.807, 2.05) is 57.2 Å². The van der Waals surface area contributed by atoms with Gasteiger partial charge in [0.05, 0.1) is 17.6 Å². The lowest BCUT2D eigenvalue weighted by atomic mass is 9.92. The molecule has 0 aliphatic heterocycles. The summed E-state index contributed by atoms with van der Waals surface area (Å²) >= 11 is 0. The number of benzene rings is 1. The fraction of sp³-hybridized carbons (Fsp3) is 0.227. The van der Waals surface area contributed by atoms with Crippen molar-refractivity contribution in [2.24, 2.45) is 0 Å². The largest absolute Gasteiger partial charge is 0.465 e. The van der Waals surface area contributed by atoms with Gasteiger partial charge in [-0.2, -0.15) is 5.10 Å². The van der Waals surface area contributed by atoms with Crippen LogP contribution in [0.3, 0.4) is 0 Å². The number of hydrogen-bond donors (Lipinski definition) is 1. The van der Waals surface area contributed by atoms with E-state index in [0.29, 0.717) is 11.6 Å². The van der Waals surface area contributed by atoms with Gasteiger partial charge in [-0.1, -0.05) is 39.0 Å². The van der Waals surface area contributed by atoms with E-state index < -0.39 is 18.5 Å². The molecule has 1 aromatic carbocycles. The smallest absolute Gasteiger partial charge is 0.331 e. The highest BCUT2D eigenvalue weighted by Crippen LogP contribution is 2.26. The van der Waals surface area contributed by atoms with Crippen LogP contribution in [0, 0.1) is 0 Å². The zero-order valence-corrected chi connectivity index (χ0v) is 16.6. The lowest BCUT2D eigenvalue weighted by Crippen LogP contribution is -2.21. The van der Waals surface area contributed by atoms with E-state index in [4.69, 9.17) is 9.15 Å². The average Bonchev–Trinajstić information content (AvgIpc) is 3.35. The third kappa shape index (κ3) is 5.44. The molecule has 7 heteroatoms. The van der Waals surface area contributed by atoms with Gasteiger partial charge < -0.3 is 14.5 Å². The molecule has 0 atom stereocenters. The first kappa shape index (κ1) is 20.1. The SMILES string of the molecule is CC(C)(C)c1cc(NC(=O)COC(=O)C=Cc2ccco2)n(-c2ccccc2)n1. The van der Waals surface area contributed by atoms with Gasteiger partial charge >= 0.3 is 5.97 Å². The number of hydrogen-bond acceptors (Lipinski definition) is 5. The number of carbonyl (C=O) groups is 2. The van der Waals surface area contributed by atoms with Crippen LogP contribution in [-0.4, -0.2) is 28.3 Å². The molecule has 1 amide bonds. The first-order chi connectivity index (χ1) is 13.8. The highest BCUT2D eigenvalue weighted by atomic mass is 16.5. The number of ether oxygens (including phenoxy) is 1. The van der Waals surface area contributed by atoms with Crippen molar-refractivity contribution < 1.29 is 18.7 Å². The third-order valence-electron chi connectivity index (χ3n) is 4.02. The van der Waals surface area contributed by atoms with E-state index in [9.17, 15) is 9.59 Å². The minimum absolute atomic E-state index is 0.192. The van der Waals surface area contributed by atoms with Crippen LogP contribution in [0.1, 0.15) is 32.2 Å². The molecule has 2 heterocycles. The lowest BCUT2D eigenvalue weighted by Gasteiger charge is -2.14. The molecule has 0 bridgehead atoms. The number of nitrogens with zero attached hydrogens (tertiary/aromatic N) is 2. The second-order valence-electron chi connectivity index (χ2n) is 7.42. The number of nitrogens with one attached hydrogen (secondary N) is 1. The van der Waals surface area contributed by atoms with Crippen molar-refractivity contribution in [1.29, 1.82) is 0 Å². The molecule has 2 aromatic heterocycles. The molecule has 0 unspecified atom stereocenters. The zero-order valence-electron chi connectivity index (χ0n) is 16.6. The summed E-state index contributed by atoms with van der Waals surface area (Å²) in [5.74, 6) is -0.0630. The summed E-state index contributed by atoms with van der Waals surface area (Å²) in [4.78, 5) is 24.1. The van der Waals surface area contributed by atoms with Crippen LogP contribution in [0.5, 0.6) is 0 Å². The fourth-order valence-corrected chi connectivity index (χ4v) is 2.50. The summed E-state index contributed by atoms with van der Waals surface area (Å²) in [5.41, 5.74) is 1.45. The molecule has 7 nitrogen and oxygen atoms in total. The van der Waals surface area contributed by atoms with Gasteiger partial charge in [-0.05, 0) is 30.3 Å². The van der Waals surface area contributed by atoms with E-state index in [-0.39, 0.29) is 5.41 Å². The summed E-state index contributed by atoms with van der Waals surface area (Å²) in [6, 6.07) is 14.7. The predicted octanol–water partition coefficient (Wildman–Crippen LogP) is 3.96. The maximum Gasteiger partial charge on any atom is 0.331 e. The molecule has 0 saturated carbocycles. The minimum Gasteiger partial charge on any atom is -0.465 e. The van der Waals surface area contributed by atoms with Gasteiger partial charge in [0.25, 0.3) is 5.91 Å². The Kier molecular flexibility index (Phi) is 5.97. The highest BCUT2D eigenvalue weighted by Gasteiger charge is 2.21. The van der Waals surface area contributed by atoms with Crippen LogP contribution in [0.15, 0.2) is 65.3 Å². The van der Waals surface area contributed by atoms with Crippen molar-refractivity contribution in [3.8, 4) is 5.69 Å². The van der Waals surface area contributed by atoms with Crippen LogP contribution in [0.2, 0.25) is 0 Å². The zero-order chi connectivity index (χ0) is 20.9. The van der Waals surface area contributed by atoms with Crippen molar-refractivity contribution in [3.63, 3.8) is 0 Å². The predicted molar refractivity (Wildman–Crippen MR) is 110 cm³/mol. The van der Waals surface area contributed by atoms with Gasteiger partial charge in [-0.3, -0.25) is 4.79 Å². The Hall–Kier alpha value is -3.61. The second kappa shape index (κ2) is 8.60. The quantitative estimate of drug-likeness (QED) is 0.506. The van der Waals surface area contributed by atoms with Crippen LogP contribution in [0.25, 0.3) is 11.8 Å². The summed E-state index contributed by atoms with van der Waals surface area (Å²) in [6.07, 6.45) is 4.18. The van der Waals surface area contributed by atoms with Crippen molar-refractivity contribution in [2.75, 3.05) is 11.9 Å². The number of carbonyl (C=O) groups excluding carboxylic acids is 2. The summed E-state index contributed by atoms with van der Waals surface area (Å²) in [6.45, 7) is 5.72. The Morgan fingerprint density at radius 2 is 1.93 bits per heavy atom. The lowest BCUT2D eigenvalue weighted by molar-refractivity contribution is -0.142. The molecule has 1 N–H and O–H groups in total. The minimum atomic E-state index is -0.636. The first-order valence-corrected chi connectivity index (χ1v) is 9.17. The van der Waals surface area contributed by atoms with Crippen LogP contribution >= 0.6 is 0 Å². The topological polar surface area (TPSA) is 86.4 Å². The number of furan rings is 1. The Labute approximate surface area is 169 Å². The fourth-order valence-electron chi connectivity index (χ4n) is 2.50. The molecule has 150 valence electrons. The van der Waals surface area contributed by atoms with Crippen molar-refractivity contribution in [1.82, 2.24) is 9.78 Å². The molecule has 3 rings (SSSR count). The van der Waals surface area contributed by atoms with Crippen LogP contribution < -0.4 is 5.32 Å². The van der Waals surface area contributed by atoms with E-state index in [0.717, 1.165) is 11.4 Å². The molecule has 0 aliphatic rings. The van der Waals surface area contributed by atoms with Gasteiger partial charge in [0.15, 0.2) is 6.61 Å². The Morgan fingerprint density at radius 1 is 1.17 bits per heavy atom. The maximum atomic E-state index is 12.3. The summed E-state index contributed by atoms with van der Waals surface area (Å²) in [7, 11) is 0. The van der Waals surface area contributed by atoms with Gasteiger partial charge in [0, 0.05) is 17.6 Å². The Morgan fingerprint density at radius 3 is 2.59 bits per heavy atom. The summed E-state index contributed by atoms with van der Waals surface area (Å²) < 4.78 is 11.7. The van der Waals surface area contributed by atoms with Crippen molar-refractivity contribution in [3.05, 3.63) is 72.3 Å². The van der Waals surface area contributed by atoms with Crippen LogP contribution in [-0.2, 0) is 19.7 Å².